The number of rotatable bonds is 3. The zero-order valence-electron chi connectivity index (χ0n) is 11.0. The van der Waals surface area contributed by atoms with Crippen molar-refractivity contribution in [3.63, 3.8) is 0 Å². The van der Waals surface area contributed by atoms with Crippen molar-refractivity contribution in [2.45, 2.75) is 50.8 Å². The summed E-state index contributed by atoms with van der Waals surface area (Å²) in [6.45, 7) is 4.24. The van der Waals surface area contributed by atoms with Crippen LogP contribution >= 0.6 is 11.8 Å². The average Bonchev–Trinajstić information content (AvgIpc) is 2.93. The molecule has 3 rings (SSSR count). The zero-order chi connectivity index (χ0) is 12.4. The molecule has 98 valence electrons. The van der Waals surface area contributed by atoms with Gasteiger partial charge in [0.05, 0.1) is 10.9 Å². The van der Waals surface area contributed by atoms with Gasteiger partial charge in [0.2, 0.25) is 0 Å². The lowest BCUT2D eigenvalue weighted by Gasteiger charge is -2.21. The maximum absolute atomic E-state index is 4.90. The van der Waals surface area contributed by atoms with Gasteiger partial charge in [-0.1, -0.05) is 13.3 Å². The molecule has 1 unspecified atom stereocenters. The van der Waals surface area contributed by atoms with Crippen LogP contribution < -0.4 is 5.32 Å². The Morgan fingerprint density at radius 3 is 3.11 bits per heavy atom. The molecular formula is C14H21N3S. The van der Waals surface area contributed by atoms with E-state index in [0.29, 0.717) is 5.25 Å². The maximum Gasteiger partial charge on any atom is 0.141 e. The van der Waals surface area contributed by atoms with E-state index in [1.165, 1.54) is 42.0 Å². The molecule has 0 bridgehead atoms. The number of thioether (sulfide) groups is 1. The summed E-state index contributed by atoms with van der Waals surface area (Å²) in [6.07, 6.45) is 5.95. The molecule has 0 amide bonds. The number of aromatic nitrogens is 2. The molecule has 1 aromatic heterocycles. The van der Waals surface area contributed by atoms with Crippen molar-refractivity contribution < 1.29 is 0 Å². The van der Waals surface area contributed by atoms with E-state index in [2.05, 4.69) is 12.2 Å². The van der Waals surface area contributed by atoms with Crippen LogP contribution in [0.1, 0.15) is 54.2 Å². The molecule has 4 heteroatoms. The Hall–Kier alpha value is -0.610. The third-order valence-corrected chi connectivity index (χ3v) is 5.12. The third-order valence-electron chi connectivity index (χ3n) is 3.74. The lowest BCUT2D eigenvalue weighted by atomic mass is 10.0. The van der Waals surface area contributed by atoms with E-state index in [0.717, 1.165) is 31.8 Å². The SMILES string of the molecule is CCCc1nc(C2CCCS2)nc2c1CCNC2. The minimum Gasteiger partial charge on any atom is -0.311 e. The van der Waals surface area contributed by atoms with Gasteiger partial charge in [-0.2, -0.15) is 11.8 Å². The van der Waals surface area contributed by atoms with Crippen LogP contribution in [0.15, 0.2) is 0 Å². The molecule has 0 aliphatic carbocycles. The fourth-order valence-electron chi connectivity index (χ4n) is 2.83. The zero-order valence-corrected chi connectivity index (χ0v) is 11.9. The van der Waals surface area contributed by atoms with Crippen LogP contribution in [0.2, 0.25) is 0 Å². The van der Waals surface area contributed by atoms with E-state index >= 15 is 0 Å². The summed E-state index contributed by atoms with van der Waals surface area (Å²) in [7, 11) is 0. The molecule has 0 radical (unpaired) electrons. The molecule has 1 atom stereocenters. The number of nitrogens with one attached hydrogen (secondary N) is 1. The highest BCUT2D eigenvalue weighted by Gasteiger charge is 2.24. The molecule has 3 heterocycles. The first-order valence-electron chi connectivity index (χ1n) is 7.09. The van der Waals surface area contributed by atoms with E-state index in [1.54, 1.807) is 0 Å². The summed E-state index contributed by atoms with van der Waals surface area (Å²) in [5, 5.41) is 3.98. The Balaban J connectivity index is 1.97. The Labute approximate surface area is 113 Å². The minimum absolute atomic E-state index is 0.549. The number of fused-ring (bicyclic) bond motifs is 1. The van der Waals surface area contributed by atoms with Gasteiger partial charge in [0, 0.05) is 12.2 Å². The summed E-state index contributed by atoms with van der Waals surface area (Å²) in [5.41, 5.74) is 4.02. The van der Waals surface area contributed by atoms with Crippen molar-refractivity contribution in [3.8, 4) is 0 Å². The monoisotopic (exact) mass is 263 g/mol. The quantitative estimate of drug-likeness (QED) is 0.910. The molecule has 3 nitrogen and oxygen atoms in total. The van der Waals surface area contributed by atoms with Crippen molar-refractivity contribution in [2.24, 2.45) is 0 Å². The van der Waals surface area contributed by atoms with Gasteiger partial charge in [-0.25, -0.2) is 9.97 Å². The molecular weight excluding hydrogens is 242 g/mol. The predicted octanol–water partition coefficient (Wildman–Crippen LogP) is 2.64. The van der Waals surface area contributed by atoms with E-state index in [9.17, 15) is 0 Å². The van der Waals surface area contributed by atoms with Gasteiger partial charge in [-0.15, -0.1) is 0 Å². The molecule has 1 N–H and O–H groups in total. The summed E-state index contributed by atoms with van der Waals surface area (Å²) < 4.78 is 0. The van der Waals surface area contributed by atoms with Crippen molar-refractivity contribution in [1.29, 1.82) is 0 Å². The molecule has 2 aliphatic rings. The molecule has 1 saturated heterocycles. The predicted molar refractivity (Wildman–Crippen MR) is 75.9 cm³/mol. The summed E-state index contributed by atoms with van der Waals surface area (Å²) in [4.78, 5) is 9.74. The number of aryl methyl sites for hydroxylation is 1. The first kappa shape index (κ1) is 12.4. The fraction of sp³-hybridized carbons (Fsp3) is 0.714. The van der Waals surface area contributed by atoms with Gasteiger partial charge in [0.1, 0.15) is 5.82 Å². The van der Waals surface area contributed by atoms with Crippen LogP contribution in [0, 0.1) is 0 Å². The van der Waals surface area contributed by atoms with Crippen LogP contribution in [0.5, 0.6) is 0 Å². The van der Waals surface area contributed by atoms with Crippen LogP contribution in [0.4, 0.5) is 0 Å². The van der Waals surface area contributed by atoms with Gasteiger partial charge >= 0.3 is 0 Å². The highest BCUT2D eigenvalue weighted by atomic mass is 32.2. The minimum atomic E-state index is 0.549. The Morgan fingerprint density at radius 1 is 1.39 bits per heavy atom. The van der Waals surface area contributed by atoms with E-state index in [-0.39, 0.29) is 0 Å². The van der Waals surface area contributed by atoms with Crippen molar-refractivity contribution in [2.75, 3.05) is 12.3 Å². The second-order valence-electron chi connectivity index (χ2n) is 5.13. The van der Waals surface area contributed by atoms with E-state index < -0.39 is 0 Å². The second-order valence-corrected chi connectivity index (χ2v) is 6.44. The second kappa shape index (κ2) is 5.57. The summed E-state index contributed by atoms with van der Waals surface area (Å²) in [5.74, 6) is 2.37. The van der Waals surface area contributed by atoms with Gasteiger partial charge < -0.3 is 5.32 Å². The first-order chi connectivity index (χ1) is 8.88. The average molecular weight is 263 g/mol. The Kier molecular flexibility index (Phi) is 3.85. The van der Waals surface area contributed by atoms with Crippen molar-refractivity contribution in [1.82, 2.24) is 15.3 Å². The number of hydrogen-bond donors (Lipinski definition) is 1. The molecule has 0 aromatic carbocycles. The third kappa shape index (κ3) is 2.41. The van der Waals surface area contributed by atoms with Gasteiger partial charge in [0.15, 0.2) is 0 Å². The maximum atomic E-state index is 4.90. The molecule has 1 aromatic rings. The Morgan fingerprint density at radius 2 is 2.33 bits per heavy atom. The van der Waals surface area contributed by atoms with Crippen molar-refractivity contribution in [3.05, 3.63) is 22.8 Å². The smallest absolute Gasteiger partial charge is 0.141 e. The fourth-order valence-corrected chi connectivity index (χ4v) is 4.03. The first-order valence-corrected chi connectivity index (χ1v) is 8.14. The van der Waals surface area contributed by atoms with Crippen LogP contribution in [0.25, 0.3) is 0 Å². The number of hydrogen-bond acceptors (Lipinski definition) is 4. The largest absolute Gasteiger partial charge is 0.311 e. The van der Waals surface area contributed by atoms with Crippen LogP contribution in [0.3, 0.4) is 0 Å². The van der Waals surface area contributed by atoms with Gasteiger partial charge in [-0.3, -0.25) is 0 Å². The Bertz CT molecular complexity index is 427. The summed E-state index contributed by atoms with van der Waals surface area (Å²) >= 11 is 2.03. The van der Waals surface area contributed by atoms with Gasteiger partial charge in [-0.05, 0) is 43.5 Å². The highest BCUT2D eigenvalue weighted by Crippen LogP contribution is 2.38. The van der Waals surface area contributed by atoms with Crippen LogP contribution in [-0.4, -0.2) is 22.3 Å². The number of nitrogens with zero attached hydrogens (tertiary/aromatic N) is 2. The lowest BCUT2D eigenvalue weighted by Crippen LogP contribution is -2.27. The molecule has 2 aliphatic heterocycles. The van der Waals surface area contributed by atoms with E-state index in [4.69, 9.17) is 9.97 Å². The normalized spacial score (nSPS) is 23.1. The molecule has 18 heavy (non-hydrogen) atoms. The topological polar surface area (TPSA) is 37.8 Å². The molecule has 0 saturated carbocycles. The van der Waals surface area contributed by atoms with E-state index in [1.807, 2.05) is 11.8 Å². The molecule has 0 spiro atoms. The van der Waals surface area contributed by atoms with Crippen LogP contribution in [-0.2, 0) is 19.4 Å². The summed E-state index contributed by atoms with van der Waals surface area (Å²) in [6, 6.07) is 0. The van der Waals surface area contributed by atoms with Crippen molar-refractivity contribution >= 4 is 11.8 Å². The standard InChI is InChI=1S/C14H21N3S/c1-2-4-11-10-6-7-15-9-12(10)17-14(16-11)13-5-3-8-18-13/h13,15H,2-9H2,1H3. The van der Waals surface area contributed by atoms with Gasteiger partial charge in [0.25, 0.3) is 0 Å². The lowest BCUT2D eigenvalue weighted by molar-refractivity contribution is 0.602. The molecule has 1 fully saturated rings. The highest BCUT2D eigenvalue weighted by molar-refractivity contribution is 7.99.